The number of aromatic nitrogens is 3. The van der Waals surface area contributed by atoms with Crippen LogP contribution in [0.25, 0.3) is 0 Å². The Bertz CT molecular complexity index is 1130. The molecule has 1 aliphatic heterocycles. The Hall–Kier alpha value is -1.21. The lowest BCUT2D eigenvalue weighted by Crippen LogP contribution is -2.43. The first-order valence-electron chi connectivity index (χ1n) is 7.95. The quantitative estimate of drug-likeness (QED) is 0.129. The zero-order valence-electron chi connectivity index (χ0n) is 15.7. The third-order valence-electron chi connectivity index (χ3n) is 3.58. The SMILES string of the molecule is CC#CC1(Cl)C(O)[C@@H](COP(=O)(O)OP(=O)(O)OP(=O)(O)O)O[C@H]1n1cnc(N)nc1=O. The van der Waals surface area contributed by atoms with Crippen LogP contribution in [0.3, 0.4) is 0 Å². The second-order valence-corrected chi connectivity index (χ2v) is 11.0. The number of hydrogen-bond acceptors (Lipinski definition) is 12. The van der Waals surface area contributed by atoms with Crippen molar-refractivity contribution in [2.75, 3.05) is 12.3 Å². The molecular weight excluding hydrogens is 525 g/mol. The Kier molecular flexibility index (Phi) is 8.09. The summed E-state index contributed by atoms with van der Waals surface area (Å²) in [6, 6.07) is 0. The lowest BCUT2D eigenvalue weighted by atomic mass is 9.99. The van der Waals surface area contributed by atoms with Crippen LogP contribution in [0.15, 0.2) is 11.1 Å². The van der Waals surface area contributed by atoms with Gasteiger partial charge in [-0.05, 0) is 6.92 Å². The summed E-state index contributed by atoms with van der Waals surface area (Å²) in [5, 5.41) is 10.5. The van der Waals surface area contributed by atoms with E-state index in [1.54, 1.807) is 0 Å². The fourth-order valence-electron chi connectivity index (χ4n) is 2.47. The van der Waals surface area contributed by atoms with Gasteiger partial charge in [-0.3, -0.25) is 9.09 Å². The minimum atomic E-state index is -5.75. The van der Waals surface area contributed by atoms with Crippen molar-refractivity contribution >= 4 is 41.0 Å². The molecule has 2 heterocycles. The molecule has 21 heteroatoms. The van der Waals surface area contributed by atoms with E-state index >= 15 is 0 Å². The van der Waals surface area contributed by atoms with Gasteiger partial charge in [0, 0.05) is 0 Å². The average molecular weight is 541 g/mol. The van der Waals surface area contributed by atoms with Crippen molar-refractivity contribution in [2.45, 2.75) is 30.2 Å². The van der Waals surface area contributed by atoms with Crippen LogP contribution in [0.1, 0.15) is 13.2 Å². The Morgan fingerprint density at radius 2 is 1.91 bits per heavy atom. The van der Waals surface area contributed by atoms with Gasteiger partial charge < -0.3 is 35.2 Å². The second kappa shape index (κ2) is 9.57. The van der Waals surface area contributed by atoms with Crippen molar-refractivity contribution in [3.05, 3.63) is 16.8 Å². The molecule has 1 fully saturated rings. The number of aliphatic hydroxyl groups is 1. The molecule has 4 unspecified atom stereocenters. The van der Waals surface area contributed by atoms with Gasteiger partial charge in [0.15, 0.2) is 11.1 Å². The number of aliphatic hydroxyl groups excluding tert-OH is 1. The molecular formula is C11H16ClN4O13P3. The normalized spacial score (nSPS) is 29.5. The van der Waals surface area contributed by atoms with Crippen LogP contribution < -0.4 is 11.4 Å². The second-order valence-electron chi connectivity index (χ2n) is 5.91. The minimum absolute atomic E-state index is 0.365. The molecule has 0 aromatic carbocycles. The fraction of sp³-hybridized carbons (Fsp3) is 0.545. The molecule has 180 valence electrons. The van der Waals surface area contributed by atoms with E-state index < -0.39 is 59.1 Å². The van der Waals surface area contributed by atoms with E-state index in [0.29, 0.717) is 0 Å². The maximum absolute atomic E-state index is 12.1. The smallest absolute Gasteiger partial charge is 0.387 e. The number of alkyl halides is 1. The standard InChI is InChI=1S/C11H16ClN4O13P3/c1-2-3-11(12)7(17)6(27-8(11)16-5-14-9(13)15-10(16)18)4-26-31(22,23)29-32(24,25)28-30(19,20)21/h5-8,17H,4H2,1H3,(H,22,23)(H,24,25)(H2,13,15,18)(H2,19,20,21)/t6-,7?,8-,11?/m1/s1. The highest BCUT2D eigenvalue weighted by Gasteiger charge is 2.56. The number of hydrogen-bond donors (Lipinski definition) is 6. The molecule has 0 radical (unpaired) electrons. The van der Waals surface area contributed by atoms with Crippen LogP contribution in [-0.4, -0.2) is 62.9 Å². The van der Waals surface area contributed by atoms with Gasteiger partial charge in [0.05, 0.1) is 6.61 Å². The Balaban J connectivity index is 2.23. The van der Waals surface area contributed by atoms with Crippen molar-refractivity contribution in [3.8, 4) is 11.8 Å². The summed E-state index contributed by atoms with van der Waals surface area (Å²) >= 11 is 6.35. The van der Waals surface area contributed by atoms with E-state index in [2.05, 4.69) is 35.0 Å². The highest BCUT2D eigenvalue weighted by atomic mass is 35.5. The van der Waals surface area contributed by atoms with Crippen molar-refractivity contribution in [2.24, 2.45) is 0 Å². The molecule has 1 aliphatic rings. The predicted octanol–water partition coefficient (Wildman–Crippen LogP) is -1.18. The summed E-state index contributed by atoms with van der Waals surface area (Å²) < 4.78 is 51.6. The summed E-state index contributed by atoms with van der Waals surface area (Å²) in [5.41, 5.74) is 4.33. The average Bonchev–Trinajstić information content (AvgIpc) is 2.82. The van der Waals surface area contributed by atoms with Gasteiger partial charge in [-0.2, -0.15) is 13.6 Å². The number of nitrogen functional groups attached to an aromatic ring is 1. The third kappa shape index (κ3) is 6.66. The van der Waals surface area contributed by atoms with Crippen LogP contribution in [-0.2, 0) is 31.6 Å². The van der Waals surface area contributed by atoms with Crippen LogP contribution in [0.2, 0.25) is 0 Å². The van der Waals surface area contributed by atoms with Crippen molar-refractivity contribution in [1.82, 2.24) is 14.5 Å². The largest absolute Gasteiger partial charge is 0.490 e. The topological polar surface area (TPSA) is 263 Å². The molecule has 1 aromatic rings. The summed E-state index contributed by atoms with van der Waals surface area (Å²) in [5.74, 6) is 4.50. The maximum Gasteiger partial charge on any atom is 0.490 e. The number of phosphoric acid groups is 3. The zero-order chi connectivity index (χ0) is 24.5. The molecule has 0 saturated carbocycles. The Labute approximate surface area is 183 Å². The molecule has 0 aliphatic carbocycles. The highest BCUT2D eigenvalue weighted by Crippen LogP contribution is 2.66. The summed E-state index contributed by atoms with van der Waals surface area (Å²) in [6.45, 7) is 0.321. The van der Waals surface area contributed by atoms with Crippen LogP contribution in [0.4, 0.5) is 5.95 Å². The zero-order valence-corrected chi connectivity index (χ0v) is 19.1. The lowest BCUT2D eigenvalue weighted by molar-refractivity contribution is -0.0458. The minimum Gasteiger partial charge on any atom is -0.387 e. The number of halogens is 1. The van der Waals surface area contributed by atoms with E-state index in [1.165, 1.54) is 6.92 Å². The van der Waals surface area contributed by atoms with Gasteiger partial charge in [-0.25, -0.2) is 23.5 Å². The van der Waals surface area contributed by atoms with Gasteiger partial charge in [-0.15, -0.1) is 5.92 Å². The van der Waals surface area contributed by atoms with Gasteiger partial charge in [0.25, 0.3) is 0 Å². The van der Waals surface area contributed by atoms with Crippen LogP contribution in [0.5, 0.6) is 0 Å². The van der Waals surface area contributed by atoms with Crippen molar-refractivity contribution in [3.63, 3.8) is 0 Å². The van der Waals surface area contributed by atoms with E-state index in [9.17, 15) is 28.5 Å². The van der Waals surface area contributed by atoms with Crippen LogP contribution in [0, 0.1) is 11.8 Å². The predicted molar refractivity (Wildman–Crippen MR) is 102 cm³/mol. The maximum atomic E-state index is 12.1. The number of nitrogens with two attached hydrogens (primary N) is 1. The summed E-state index contributed by atoms with van der Waals surface area (Å²) in [4.78, 5) is 52.8. The molecule has 1 saturated heterocycles. The van der Waals surface area contributed by atoms with E-state index in [0.717, 1.165) is 10.9 Å². The molecule has 0 bridgehead atoms. The summed E-state index contributed by atoms with van der Waals surface area (Å²) in [6.07, 6.45) is -4.00. The lowest BCUT2D eigenvalue weighted by Gasteiger charge is -2.25. The molecule has 17 nitrogen and oxygen atoms in total. The number of rotatable bonds is 8. The van der Waals surface area contributed by atoms with E-state index in [-0.39, 0.29) is 5.95 Å². The molecule has 6 atom stereocenters. The first-order chi connectivity index (χ1) is 14.5. The van der Waals surface area contributed by atoms with Crippen molar-refractivity contribution in [1.29, 1.82) is 0 Å². The van der Waals surface area contributed by atoms with Gasteiger partial charge >= 0.3 is 29.2 Å². The number of anilines is 1. The molecule has 32 heavy (non-hydrogen) atoms. The molecule has 2 rings (SSSR count). The monoisotopic (exact) mass is 540 g/mol. The van der Waals surface area contributed by atoms with Gasteiger partial charge in [0.1, 0.15) is 18.5 Å². The van der Waals surface area contributed by atoms with E-state index in [1.807, 2.05) is 0 Å². The summed E-state index contributed by atoms with van der Waals surface area (Å²) in [7, 11) is -16.8. The first-order valence-corrected chi connectivity index (χ1v) is 12.8. The highest BCUT2D eigenvalue weighted by molar-refractivity contribution is 7.66. The first kappa shape index (κ1) is 27.0. The third-order valence-corrected chi connectivity index (χ3v) is 7.89. The molecule has 1 aromatic heterocycles. The van der Waals surface area contributed by atoms with E-state index in [4.69, 9.17) is 36.8 Å². The fourth-order valence-corrected chi connectivity index (χ4v) is 5.89. The Morgan fingerprint density at radius 3 is 2.44 bits per heavy atom. The Morgan fingerprint density at radius 1 is 1.28 bits per heavy atom. The number of phosphoric ester groups is 1. The van der Waals surface area contributed by atoms with Gasteiger partial charge in [-0.1, -0.05) is 17.5 Å². The van der Waals surface area contributed by atoms with Gasteiger partial charge in [0.2, 0.25) is 5.95 Å². The molecule has 7 N–H and O–H groups in total. The number of ether oxygens (including phenoxy) is 1. The van der Waals surface area contributed by atoms with Crippen LogP contribution >= 0.6 is 35.1 Å². The molecule has 0 amide bonds. The molecule has 0 spiro atoms. The van der Waals surface area contributed by atoms with Crippen molar-refractivity contribution < 1.29 is 56.3 Å². The number of nitrogens with zero attached hydrogens (tertiary/aromatic N) is 3.